The molecule has 26 heavy (non-hydrogen) atoms. The quantitative estimate of drug-likeness (QED) is 0.854. The molecule has 0 aromatic heterocycles. The van der Waals surface area contributed by atoms with Gasteiger partial charge in [-0.15, -0.1) is 0 Å². The molecule has 1 aliphatic heterocycles. The zero-order chi connectivity index (χ0) is 18.5. The summed E-state index contributed by atoms with van der Waals surface area (Å²) in [4.78, 5) is 14.6. The van der Waals surface area contributed by atoms with Crippen LogP contribution in [0.2, 0.25) is 0 Å². The van der Waals surface area contributed by atoms with Crippen molar-refractivity contribution < 1.29 is 9.53 Å². The molecule has 2 aromatic rings. The average molecular weight is 352 g/mol. The molecule has 1 amide bonds. The molecule has 1 heterocycles. The van der Waals surface area contributed by atoms with Crippen LogP contribution in [0.15, 0.2) is 36.4 Å². The van der Waals surface area contributed by atoms with Crippen molar-refractivity contribution in [2.24, 2.45) is 0 Å². The van der Waals surface area contributed by atoms with E-state index in [2.05, 4.69) is 28.4 Å². The van der Waals surface area contributed by atoms with Gasteiger partial charge in [-0.3, -0.25) is 4.79 Å². The van der Waals surface area contributed by atoms with E-state index in [9.17, 15) is 4.79 Å². The minimum absolute atomic E-state index is 0.0129. The highest BCUT2D eigenvalue weighted by Gasteiger charge is 2.12. The highest BCUT2D eigenvalue weighted by molar-refractivity contribution is 5.92. The van der Waals surface area contributed by atoms with Gasteiger partial charge in [-0.2, -0.15) is 0 Å². The first-order valence-electron chi connectivity index (χ1n) is 9.39. The number of carbonyl (C=O) groups excluding carboxylic acids is 1. The van der Waals surface area contributed by atoms with Crippen LogP contribution >= 0.6 is 0 Å². The van der Waals surface area contributed by atoms with Crippen LogP contribution in [-0.4, -0.2) is 25.6 Å². The van der Waals surface area contributed by atoms with Crippen LogP contribution in [0.25, 0.3) is 0 Å². The van der Waals surface area contributed by atoms with Crippen molar-refractivity contribution in [1.82, 2.24) is 0 Å². The van der Waals surface area contributed by atoms with E-state index in [1.165, 1.54) is 30.5 Å². The lowest BCUT2D eigenvalue weighted by molar-refractivity contribution is -0.118. The van der Waals surface area contributed by atoms with E-state index in [-0.39, 0.29) is 12.5 Å². The van der Waals surface area contributed by atoms with Crippen molar-refractivity contribution in [3.8, 4) is 5.75 Å². The van der Waals surface area contributed by atoms with Gasteiger partial charge in [0.15, 0.2) is 6.61 Å². The van der Waals surface area contributed by atoms with Gasteiger partial charge in [-0.1, -0.05) is 12.1 Å². The maximum absolute atomic E-state index is 12.2. The van der Waals surface area contributed by atoms with Gasteiger partial charge >= 0.3 is 0 Å². The summed E-state index contributed by atoms with van der Waals surface area (Å²) in [6.45, 7) is 8.32. The molecule has 4 heteroatoms. The van der Waals surface area contributed by atoms with Crippen LogP contribution in [0.5, 0.6) is 5.75 Å². The van der Waals surface area contributed by atoms with Gasteiger partial charge < -0.3 is 15.0 Å². The van der Waals surface area contributed by atoms with Crippen molar-refractivity contribution in [2.75, 3.05) is 29.9 Å². The second-order valence-corrected chi connectivity index (χ2v) is 7.08. The molecule has 0 spiro atoms. The molecule has 0 bridgehead atoms. The minimum atomic E-state index is -0.143. The molecule has 138 valence electrons. The van der Waals surface area contributed by atoms with Gasteiger partial charge in [0.1, 0.15) is 5.75 Å². The molecule has 4 nitrogen and oxygen atoms in total. The summed E-state index contributed by atoms with van der Waals surface area (Å²) >= 11 is 0. The molecule has 0 aliphatic carbocycles. The molecule has 0 unspecified atom stereocenters. The minimum Gasteiger partial charge on any atom is -0.483 e. The van der Waals surface area contributed by atoms with Crippen LogP contribution in [-0.2, 0) is 4.79 Å². The van der Waals surface area contributed by atoms with E-state index in [1.807, 2.05) is 39.0 Å². The van der Waals surface area contributed by atoms with Gasteiger partial charge in [0.25, 0.3) is 5.91 Å². The highest BCUT2D eigenvalue weighted by Crippen LogP contribution is 2.26. The Morgan fingerprint density at radius 1 is 0.962 bits per heavy atom. The van der Waals surface area contributed by atoms with Crippen LogP contribution in [0.1, 0.15) is 36.0 Å². The number of nitrogens with zero attached hydrogens (tertiary/aromatic N) is 1. The first-order chi connectivity index (χ1) is 12.5. The Hall–Kier alpha value is -2.49. The number of benzene rings is 2. The fraction of sp³-hybridized carbons (Fsp3) is 0.409. The molecule has 1 saturated heterocycles. The number of anilines is 2. The number of hydrogen-bond acceptors (Lipinski definition) is 3. The Balaban J connectivity index is 1.56. The summed E-state index contributed by atoms with van der Waals surface area (Å²) in [5, 5.41) is 2.91. The first kappa shape index (κ1) is 18.3. The summed E-state index contributed by atoms with van der Waals surface area (Å²) in [5.41, 5.74) is 5.33. The number of ether oxygens (including phenoxy) is 1. The SMILES string of the molecule is Cc1ccc(C)c(OCC(=O)Nc2ccc(N3CCCCC3)cc2)c1C. The topological polar surface area (TPSA) is 41.6 Å². The fourth-order valence-corrected chi connectivity index (χ4v) is 3.39. The second kappa shape index (κ2) is 8.26. The first-order valence-corrected chi connectivity index (χ1v) is 9.39. The second-order valence-electron chi connectivity index (χ2n) is 7.08. The van der Waals surface area contributed by atoms with Gasteiger partial charge in [-0.05, 0) is 81.0 Å². The molecular weight excluding hydrogens is 324 g/mol. The van der Waals surface area contributed by atoms with Crippen molar-refractivity contribution in [3.05, 3.63) is 53.1 Å². The summed E-state index contributed by atoms with van der Waals surface area (Å²) in [7, 11) is 0. The van der Waals surface area contributed by atoms with Crippen LogP contribution in [0.4, 0.5) is 11.4 Å². The molecule has 3 rings (SSSR count). The highest BCUT2D eigenvalue weighted by atomic mass is 16.5. The molecule has 0 atom stereocenters. The Kier molecular flexibility index (Phi) is 5.82. The molecule has 1 fully saturated rings. The lowest BCUT2D eigenvalue weighted by Gasteiger charge is -2.28. The third-order valence-corrected chi connectivity index (χ3v) is 5.09. The zero-order valence-corrected chi connectivity index (χ0v) is 16.0. The number of nitrogens with one attached hydrogen (secondary N) is 1. The van der Waals surface area contributed by atoms with Crippen molar-refractivity contribution in [2.45, 2.75) is 40.0 Å². The summed E-state index contributed by atoms with van der Waals surface area (Å²) in [6.07, 6.45) is 3.84. The van der Waals surface area contributed by atoms with Crippen molar-refractivity contribution in [1.29, 1.82) is 0 Å². The van der Waals surface area contributed by atoms with E-state index in [1.54, 1.807) is 0 Å². The molecule has 0 saturated carbocycles. The number of carbonyl (C=O) groups is 1. The summed E-state index contributed by atoms with van der Waals surface area (Å²) in [6, 6.07) is 12.2. The van der Waals surface area contributed by atoms with Gasteiger partial charge in [0, 0.05) is 24.5 Å². The van der Waals surface area contributed by atoms with Crippen molar-refractivity contribution in [3.63, 3.8) is 0 Å². The molecule has 0 radical (unpaired) electrons. The fourth-order valence-electron chi connectivity index (χ4n) is 3.39. The maximum Gasteiger partial charge on any atom is 0.262 e. The van der Waals surface area contributed by atoms with E-state index < -0.39 is 0 Å². The van der Waals surface area contributed by atoms with Crippen LogP contribution in [0, 0.1) is 20.8 Å². The van der Waals surface area contributed by atoms with E-state index in [0.717, 1.165) is 35.7 Å². The van der Waals surface area contributed by atoms with E-state index in [4.69, 9.17) is 4.74 Å². The monoisotopic (exact) mass is 352 g/mol. The largest absolute Gasteiger partial charge is 0.483 e. The predicted octanol–water partition coefficient (Wildman–Crippen LogP) is 4.62. The van der Waals surface area contributed by atoms with Gasteiger partial charge in [-0.25, -0.2) is 0 Å². The van der Waals surface area contributed by atoms with Gasteiger partial charge in [0.2, 0.25) is 0 Å². The third kappa shape index (κ3) is 4.37. The zero-order valence-electron chi connectivity index (χ0n) is 16.0. The van der Waals surface area contributed by atoms with E-state index >= 15 is 0 Å². The number of piperidine rings is 1. The molecular formula is C22H28N2O2. The number of rotatable bonds is 5. The Labute approximate surface area is 156 Å². The molecule has 2 aromatic carbocycles. The van der Waals surface area contributed by atoms with Gasteiger partial charge in [0.05, 0.1) is 0 Å². The summed E-state index contributed by atoms with van der Waals surface area (Å²) in [5.74, 6) is 0.664. The number of aryl methyl sites for hydroxylation is 2. The van der Waals surface area contributed by atoms with E-state index in [0.29, 0.717) is 0 Å². The standard InChI is InChI=1S/C22H28N2O2/c1-16-7-8-17(2)22(18(16)3)26-15-21(25)23-19-9-11-20(12-10-19)24-13-5-4-6-14-24/h7-12H,4-6,13-15H2,1-3H3,(H,23,25). The predicted molar refractivity (Wildman–Crippen MR) is 107 cm³/mol. The number of amides is 1. The third-order valence-electron chi connectivity index (χ3n) is 5.09. The average Bonchev–Trinajstić information content (AvgIpc) is 2.66. The maximum atomic E-state index is 12.2. The Morgan fingerprint density at radius 2 is 1.62 bits per heavy atom. The van der Waals surface area contributed by atoms with Crippen LogP contribution < -0.4 is 15.0 Å². The number of hydrogen-bond donors (Lipinski definition) is 1. The Bertz CT molecular complexity index is 762. The smallest absolute Gasteiger partial charge is 0.262 e. The summed E-state index contributed by atoms with van der Waals surface area (Å²) < 4.78 is 5.78. The lowest BCUT2D eigenvalue weighted by Crippen LogP contribution is -2.29. The molecule has 1 N–H and O–H groups in total. The van der Waals surface area contributed by atoms with Crippen molar-refractivity contribution >= 4 is 17.3 Å². The lowest BCUT2D eigenvalue weighted by atomic mass is 10.1. The van der Waals surface area contributed by atoms with Crippen LogP contribution in [0.3, 0.4) is 0 Å². The molecule has 1 aliphatic rings. The Morgan fingerprint density at radius 3 is 2.31 bits per heavy atom. The normalized spacial score (nSPS) is 14.2.